The molecule has 2 aromatic rings. The average Bonchev–Trinajstić information content (AvgIpc) is 3.23. The van der Waals surface area contributed by atoms with Gasteiger partial charge >= 0.3 is 21.7 Å². The Kier molecular flexibility index (Phi) is 24.5. The summed E-state index contributed by atoms with van der Waals surface area (Å²) < 4.78 is 0. The zero-order chi connectivity index (χ0) is 21.8. The van der Waals surface area contributed by atoms with Gasteiger partial charge in [-0.15, -0.1) is 0 Å². The van der Waals surface area contributed by atoms with Gasteiger partial charge < -0.3 is 37.2 Å². The van der Waals surface area contributed by atoms with E-state index in [4.69, 9.17) is 0 Å². The molecule has 2 rings (SSSR count). The zero-order valence-corrected chi connectivity index (χ0v) is 27.1. The number of hydrogen-bond donors (Lipinski definition) is 0. The van der Waals surface area contributed by atoms with Crippen LogP contribution in [0.2, 0.25) is 13.1 Å². The zero-order valence-electron chi connectivity index (χ0n) is 22.3. The molecule has 192 valence electrons. The Labute approximate surface area is 246 Å². The van der Waals surface area contributed by atoms with E-state index in [1.807, 2.05) is 0 Å². The van der Waals surface area contributed by atoms with Gasteiger partial charge in [0.15, 0.2) is 0 Å². The first-order valence-corrected chi connectivity index (χ1v) is 15.9. The molecule has 0 heterocycles. The summed E-state index contributed by atoms with van der Waals surface area (Å²) >= 11 is 0. The third kappa shape index (κ3) is 13.1. The van der Waals surface area contributed by atoms with Crippen molar-refractivity contribution in [3.8, 4) is 0 Å². The van der Waals surface area contributed by atoms with Gasteiger partial charge in [-0.1, -0.05) is 115 Å². The van der Waals surface area contributed by atoms with Gasteiger partial charge in [-0.25, -0.2) is 6.07 Å². The molecule has 0 amide bonds. The second-order valence-electron chi connectivity index (χ2n) is 9.90. The number of halogens is 3. The molecule has 0 radical (unpaired) electrons. The van der Waals surface area contributed by atoms with Crippen LogP contribution in [0, 0.1) is 0 Å². The predicted octanol–water partition coefficient (Wildman–Crippen LogP) is -1.17. The number of benzene rings is 1. The van der Waals surface area contributed by atoms with Crippen molar-refractivity contribution in [3.63, 3.8) is 0 Å². The van der Waals surface area contributed by atoms with Crippen LogP contribution in [0.4, 0.5) is 0 Å². The Bertz CT molecular complexity index is 712. The van der Waals surface area contributed by atoms with Crippen LogP contribution in [0.5, 0.6) is 0 Å². The average molecular weight is 578 g/mol. The maximum Gasteiger partial charge on any atom is 4.00 e. The normalized spacial score (nSPS) is 10.5. The van der Waals surface area contributed by atoms with E-state index in [1.54, 1.807) is 27.1 Å². The first-order chi connectivity index (χ1) is 14.5. The van der Waals surface area contributed by atoms with E-state index >= 15 is 0 Å². The Morgan fingerprint density at radius 1 is 0.618 bits per heavy atom. The largest absolute Gasteiger partial charge is 4.00 e. The van der Waals surface area contributed by atoms with Crippen LogP contribution < -0.4 is 47.6 Å². The number of aryl methyl sites for hydroxylation is 3. The van der Waals surface area contributed by atoms with Crippen LogP contribution in [-0.4, -0.2) is 8.07 Å². The van der Waals surface area contributed by atoms with Crippen molar-refractivity contribution in [1.82, 2.24) is 0 Å². The van der Waals surface area contributed by atoms with Crippen molar-refractivity contribution < 1.29 is 58.9 Å². The molecule has 0 bridgehead atoms. The number of unbranched alkanes of at least 4 members (excludes halogenated alkanes) is 7. The van der Waals surface area contributed by atoms with Crippen molar-refractivity contribution in [2.24, 2.45) is 0 Å². The fourth-order valence-electron chi connectivity index (χ4n) is 4.51. The molecule has 0 nitrogen and oxygen atoms in total. The minimum atomic E-state index is -1.65. The minimum Gasteiger partial charge on any atom is -1.00 e. The van der Waals surface area contributed by atoms with Crippen LogP contribution in [0.15, 0.2) is 36.4 Å². The van der Waals surface area contributed by atoms with Gasteiger partial charge in [0.05, 0.1) is 8.07 Å². The third-order valence-electron chi connectivity index (χ3n) is 6.77. The van der Waals surface area contributed by atoms with Gasteiger partial charge in [0.1, 0.15) is 0 Å². The Hall–Kier alpha value is 0.371. The van der Waals surface area contributed by atoms with Crippen molar-refractivity contribution in [2.75, 3.05) is 0 Å². The summed E-state index contributed by atoms with van der Waals surface area (Å²) in [6.07, 6.45) is 17.1. The Morgan fingerprint density at radius 3 is 1.56 bits per heavy atom. The summed E-state index contributed by atoms with van der Waals surface area (Å²) in [6.45, 7) is 12.0. The molecule has 0 aliphatic carbocycles. The van der Waals surface area contributed by atoms with E-state index in [1.165, 1.54) is 83.5 Å². The SMILES string of the molecule is CCCCCCc1cc(CCCCCC)cc([Si](C)(C)[c-]2ccc(CCCC)c2)c1.[Cl-].[Cl-].[Cl-].[Ti+4]. The van der Waals surface area contributed by atoms with E-state index in [0.29, 0.717) is 0 Å². The van der Waals surface area contributed by atoms with Crippen molar-refractivity contribution in [3.05, 3.63) is 53.1 Å². The monoisotopic (exact) mass is 576 g/mol. The second-order valence-corrected chi connectivity index (χ2v) is 14.3. The molecular weight excluding hydrogens is 531 g/mol. The molecule has 0 saturated heterocycles. The van der Waals surface area contributed by atoms with Crippen molar-refractivity contribution >= 4 is 18.4 Å². The fourth-order valence-corrected chi connectivity index (χ4v) is 6.98. The van der Waals surface area contributed by atoms with E-state index in [2.05, 4.69) is 70.3 Å². The van der Waals surface area contributed by atoms with Gasteiger partial charge in [-0.2, -0.15) is 22.9 Å². The smallest absolute Gasteiger partial charge is 1.00 e. The summed E-state index contributed by atoms with van der Waals surface area (Å²) in [6, 6.07) is 15.0. The molecule has 0 fully saturated rings. The molecule has 0 atom stereocenters. The van der Waals surface area contributed by atoms with E-state index in [0.717, 1.165) is 0 Å². The van der Waals surface area contributed by atoms with E-state index in [9.17, 15) is 0 Å². The van der Waals surface area contributed by atoms with Crippen molar-refractivity contribution in [1.29, 1.82) is 0 Å². The van der Waals surface area contributed by atoms with Crippen LogP contribution in [-0.2, 0) is 41.0 Å². The Balaban J connectivity index is -0.00000240. The number of rotatable bonds is 15. The molecule has 0 aliphatic heterocycles. The first kappa shape index (κ1) is 38.9. The minimum absolute atomic E-state index is 0. The molecule has 0 N–H and O–H groups in total. The molecule has 0 saturated carbocycles. The molecule has 5 heteroatoms. The predicted molar refractivity (Wildman–Crippen MR) is 140 cm³/mol. The van der Waals surface area contributed by atoms with E-state index < -0.39 is 8.07 Å². The summed E-state index contributed by atoms with van der Waals surface area (Å²) in [5.41, 5.74) is 4.72. The van der Waals surface area contributed by atoms with Gasteiger partial charge in [0.25, 0.3) is 0 Å². The molecule has 0 spiro atoms. The maximum absolute atomic E-state index is 2.58. The summed E-state index contributed by atoms with van der Waals surface area (Å²) in [4.78, 5) is 0. The summed E-state index contributed by atoms with van der Waals surface area (Å²) in [5.74, 6) is 0. The van der Waals surface area contributed by atoms with E-state index in [-0.39, 0.29) is 58.9 Å². The van der Waals surface area contributed by atoms with Crippen molar-refractivity contribution in [2.45, 2.75) is 117 Å². The fraction of sp³-hybridized carbons (Fsp3) is 0.621. The van der Waals surface area contributed by atoms with Gasteiger partial charge in [0, 0.05) is 0 Å². The number of hydrogen-bond acceptors (Lipinski definition) is 0. The topological polar surface area (TPSA) is 0 Å². The maximum atomic E-state index is 2.58. The van der Waals surface area contributed by atoms with Gasteiger partial charge in [-0.05, 0) is 36.8 Å². The summed E-state index contributed by atoms with van der Waals surface area (Å²) in [7, 11) is -1.65. The van der Waals surface area contributed by atoms with Crippen LogP contribution in [0.3, 0.4) is 0 Å². The third-order valence-corrected chi connectivity index (χ3v) is 10.3. The van der Waals surface area contributed by atoms with Gasteiger partial charge in [-0.3, -0.25) is 0 Å². The van der Waals surface area contributed by atoms with Crippen LogP contribution in [0.25, 0.3) is 0 Å². The molecule has 0 unspecified atom stereocenters. The molecule has 2 aromatic carbocycles. The summed E-state index contributed by atoms with van der Waals surface area (Å²) in [5, 5.41) is 3.27. The quantitative estimate of drug-likeness (QED) is 0.142. The standard InChI is InChI=1S/C29H47Si.3ClH.Ti/c1-6-9-12-14-17-26-21-27(18-15-13-10-7-2)24-29(23-26)30(4,5)28-20-19-25(22-28)16-11-8-3;;;;/h19-24H,6-18H2,1-5H3;3*1H;/q-1;;;;+4/p-3. The first-order valence-electron chi connectivity index (χ1n) is 12.9. The molecular formula is C29H47Cl3SiTi. The van der Waals surface area contributed by atoms with Crippen LogP contribution >= 0.6 is 0 Å². The van der Waals surface area contributed by atoms with Gasteiger partial charge in [0.2, 0.25) is 0 Å². The van der Waals surface area contributed by atoms with Crippen LogP contribution in [0.1, 0.15) is 102 Å². The molecule has 34 heavy (non-hydrogen) atoms. The molecule has 0 aromatic heterocycles. The second kappa shape index (κ2) is 21.5. The Morgan fingerprint density at radius 2 is 1.09 bits per heavy atom. The molecule has 0 aliphatic rings.